The number of thiophene rings is 1. The summed E-state index contributed by atoms with van der Waals surface area (Å²) in [7, 11) is 0. The fourth-order valence-electron chi connectivity index (χ4n) is 4.04. The molecule has 182 valence electrons. The maximum absolute atomic E-state index is 12.7. The number of para-hydroxylation sites is 1. The van der Waals surface area contributed by atoms with E-state index in [-0.39, 0.29) is 11.9 Å². The van der Waals surface area contributed by atoms with E-state index in [2.05, 4.69) is 25.2 Å². The number of esters is 1. The molecule has 0 spiro atoms. The van der Waals surface area contributed by atoms with Crippen molar-refractivity contribution < 1.29 is 19.2 Å². The largest absolute Gasteiger partial charge is 0.462 e. The second kappa shape index (κ2) is 10.2. The van der Waals surface area contributed by atoms with Gasteiger partial charge in [-0.2, -0.15) is 0 Å². The lowest BCUT2D eigenvalue weighted by molar-refractivity contribution is -0.131. The maximum atomic E-state index is 12.7. The minimum Gasteiger partial charge on any atom is -0.462 e. The Morgan fingerprint density at radius 3 is 2.77 bits per heavy atom. The van der Waals surface area contributed by atoms with Crippen molar-refractivity contribution in [3.8, 4) is 0 Å². The summed E-state index contributed by atoms with van der Waals surface area (Å²) in [6.45, 7) is 5.00. The van der Waals surface area contributed by atoms with Crippen molar-refractivity contribution in [1.82, 2.24) is 30.0 Å². The van der Waals surface area contributed by atoms with Crippen LogP contribution in [0.15, 0.2) is 36.7 Å². The van der Waals surface area contributed by atoms with Gasteiger partial charge in [0.25, 0.3) is 0 Å². The van der Waals surface area contributed by atoms with Crippen LogP contribution in [0.4, 0.5) is 5.82 Å². The third-order valence-corrected chi connectivity index (χ3v) is 6.81. The van der Waals surface area contributed by atoms with E-state index in [4.69, 9.17) is 9.57 Å². The summed E-state index contributed by atoms with van der Waals surface area (Å²) in [6.07, 6.45) is 2.50. The van der Waals surface area contributed by atoms with Gasteiger partial charge in [0.15, 0.2) is 0 Å². The molecule has 4 heterocycles. The number of carbonyl (C=O) groups is 2. The van der Waals surface area contributed by atoms with Gasteiger partial charge in [0.2, 0.25) is 5.91 Å². The molecular weight excluding hydrogens is 470 g/mol. The predicted octanol–water partition coefficient (Wildman–Crippen LogP) is 2.17. The number of rotatable bonds is 8. The van der Waals surface area contributed by atoms with Crippen LogP contribution in [-0.4, -0.2) is 81.3 Å². The zero-order chi connectivity index (χ0) is 24.2. The number of nitrogens with zero attached hydrogens (tertiary/aromatic N) is 7. The van der Waals surface area contributed by atoms with Crippen molar-refractivity contribution in [2.75, 3.05) is 44.3 Å². The number of hydrogen-bond donors (Lipinski definition) is 0. The Labute approximate surface area is 205 Å². The lowest BCUT2D eigenvalue weighted by atomic mass is 10.2. The smallest absolute Gasteiger partial charge is 0.348 e. The third kappa shape index (κ3) is 4.87. The molecule has 0 unspecified atom stereocenters. The number of anilines is 1. The average molecular weight is 496 g/mol. The lowest BCUT2D eigenvalue weighted by Crippen LogP contribution is -2.49. The number of carbonyl (C=O) groups excluding carboxylic acids is 2. The van der Waals surface area contributed by atoms with Crippen LogP contribution in [-0.2, 0) is 9.53 Å². The van der Waals surface area contributed by atoms with Crippen LogP contribution in [0.2, 0.25) is 0 Å². The number of piperazine rings is 1. The van der Waals surface area contributed by atoms with Crippen molar-refractivity contribution in [2.45, 2.75) is 19.8 Å². The first-order valence-electron chi connectivity index (χ1n) is 11.5. The summed E-state index contributed by atoms with van der Waals surface area (Å²) in [5, 5.41) is 8.87. The van der Waals surface area contributed by atoms with E-state index in [1.54, 1.807) is 13.0 Å². The van der Waals surface area contributed by atoms with E-state index in [1.165, 1.54) is 22.5 Å². The van der Waals surface area contributed by atoms with Gasteiger partial charge in [-0.1, -0.05) is 17.0 Å². The van der Waals surface area contributed by atoms with Crippen LogP contribution in [0.5, 0.6) is 0 Å². The molecule has 5 rings (SSSR count). The van der Waals surface area contributed by atoms with E-state index in [0.29, 0.717) is 57.1 Å². The Balaban J connectivity index is 1.13. The molecule has 0 radical (unpaired) electrons. The molecule has 0 saturated carbocycles. The second-order valence-corrected chi connectivity index (χ2v) is 9.03. The van der Waals surface area contributed by atoms with Crippen LogP contribution in [0, 0.1) is 0 Å². The minimum atomic E-state index is -0.349. The molecule has 1 fully saturated rings. The van der Waals surface area contributed by atoms with E-state index < -0.39 is 0 Å². The molecular formula is C23H25N7O4S. The normalized spacial score (nSPS) is 14.0. The first kappa shape index (κ1) is 23.0. The molecule has 12 heteroatoms. The first-order chi connectivity index (χ1) is 17.1. The summed E-state index contributed by atoms with van der Waals surface area (Å²) in [5.74, 6) is 0.532. The van der Waals surface area contributed by atoms with Gasteiger partial charge in [-0.15, -0.1) is 16.4 Å². The van der Waals surface area contributed by atoms with Crippen LogP contribution in [0.3, 0.4) is 0 Å². The van der Waals surface area contributed by atoms with Crippen molar-refractivity contribution >= 4 is 50.3 Å². The Kier molecular flexibility index (Phi) is 6.70. The van der Waals surface area contributed by atoms with E-state index in [9.17, 15) is 9.59 Å². The van der Waals surface area contributed by atoms with Crippen molar-refractivity contribution in [2.24, 2.45) is 0 Å². The fraction of sp³-hybridized carbons (Fsp3) is 0.391. The molecule has 1 aliphatic rings. The van der Waals surface area contributed by atoms with Gasteiger partial charge in [0, 0.05) is 32.6 Å². The molecule has 0 aliphatic carbocycles. The molecule has 0 N–H and O–H groups in total. The maximum Gasteiger partial charge on any atom is 0.348 e. The molecule has 1 aromatic carbocycles. The summed E-state index contributed by atoms with van der Waals surface area (Å²) in [5.41, 5.74) is 1.57. The summed E-state index contributed by atoms with van der Waals surface area (Å²) in [4.78, 5) is 45.9. The molecule has 1 aliphatic heterocycles. The van der Waals surface area contributed by atoms with Gasteiger partial charge in [0.1, 0.15) is 39.5 Å². The highest BCUT2D eigenvalue weighted by Gasteiger charge is 2.24. The summed E-state index contributed by atoms with van der Waals surface area (Å²) in [6, 6.07) is 9.35. The highest BCUT2D eigenvalue weighted by atomic mass is 32.1. The lowest BCUT2D eigenvalue weighted by Gasteiger charge is -2.35. The topological polar surface area (TPSA) is 116 Å². The molecule has 0 atom stereocenters. The molecule has 11 nitrogen and oxygen atoms in total. The highest BCUT2D eigenvalue weighted by Crippen LogP contribution is 2.31. The zero-order valence-electron chi connectivity index (χ0n) is 19.3. The minimum absolute atomic E-state index is 0.102. The standard InChI is InChI=1S/C23H25N7O4S/c1-2-33-23(32)19-14-16-21(24-15-25-22(16)35-19)29-11-9-28(10-12-29)20(31)8-5-13-34-30-18-7-4-3-6-17(18)26-27-30/h3-4,6-7,14-15H,2,5,8-13H2,1H3. The number of hydrogen-bond acceptors (Lipinski definition) is 10. The monoisotopic (exact) mass is 495 g/mol. The van der Waals surface area contributed by atoms with Crippen molar-refractivity contribution in [3.63, 3.8) is 0 Å². The zero-order valence-corrected chi connectivity index (χ0v) is 20.1. The Morgan fingerprint density at radius 1 is 1.11 bits per heavy atom. The number of fused-ring (bicyclic) bond motifs is 2. The van der Waals surface area contributed by atoms with Gasteiger partial charge < -0.3 is 19.4 Å². The summed E-state index contributed by atoms with van der Waals surface area (Å²) < 4.78 is 5.11. The van der Waals surface area contributed by atoms with Crippen molar-refractivity contribution in [1.29, 1.82) is 0 Å². The van der Waals surface area contributed by atoms with E-state index in [1.807, 2.05) is 29.2 Å². The number of aromatic nitrogens is 5. The number of amides is 1. The van der Waals surface area contributed by atoms with E-state index >= 15 is 0 Å². The fourth-order valence-corrected chi connectivity index (χ4v) is 4.93. The van der Waals surface area contributed by atoms with E-state index in [0.717, 1.165) is 27.1 Å². The second-order valence-electron chi connectivity index (χ2n) is 8.00. The molecule has 1 saturated heterocycles. The van der Waals surface area contributed by atoms with Gasteiger partial charge in [0.05, 0.1) is 12.0 Å². The first-order valence-corrected chi connectivity index (χ1v) is 12.3. The molecule has 1 amide bonds. The Bertz CT molecular complexity index is 1350. The van der Waals surface area contributed by atoms with Gasteiger partial charge in [-0.05, 0) is 36.8 Å². The molecule has 4 aromatic rings. The van der Waals surface area contributed by atoms with Crippen LogP contribution in [0.1, 0.15) is 29.4 Å². The summed E-state index contributed by atoms with van der Waals surface area (Å²) >= 11 is 1.30. The Morgan fingerprint density at radius 2 is 1.94 bits per heavy atom. The van der Waals surface area contributed by atoms with Crippen LogP contribution < -0.4 is 9.74 Å². The van der Waals surface area contributed by atoms with Crippen LogP contribution >= 0.6 is 11.3 Å². The quantitative estimate of drug-likeness (QED) is 0.268. The Hall–Kier alpha value is -3.80. The molecule has 3 aromatic heterocycles. The number of benzene rings is 1. The highest BCUT2D eigenvalue weighted by molar-refractivity contribution is 7.20. The molecule has 0 bridgehead atoms. The van der Waals surface area contributed by atoms with Crippen molar-refractivity contribution in [3.05, 3.63) is 41.5 Å². The SMILES string of the molecule is CCOC(=O)c1cc2c(N3CCN(C(=O)CCCOn4nnc5ccccc54)CC3)ncnc2s1. The van der Waals surface area contributed by atoms with Gasteiger partial charge in [-0.25, -0.2) is 14.8 Å². The molecule has 35 heavy (non-hydrogen) atoms. The average Bonchev–Trinajstić information content (AvgIpc) is 3.51. The van der Waals surface area contributed by atoms with Gasteiger partial charge in [-0.3, -0.25) is 4.79 Å². The number of ether oxygens (including phenoxy) is 1. The third-order valence-electron chi connectivity index (χ3n) is 5.79. The predicted molar refractivity (Wildman–Crippen MR) is 130 cm³/mol. The van der Waals surface area contributed by atoms with Crippen LogP contribution in [0.25, 0.3) is 21.3 Å². The van der Waals surface area contributed by atoms with Gasteiger partial charge >= 0.3 is 5.97 Å².